The molecule has 0 amide bonds. The van der Waals surface area contributed by atoms with Crippen LogP contribution in [-0.2, 0) is 9.59 Å². The summed E-state index contributed by atoms with van der Waals surface area (Å²) in [6.45, 7) is 3.31. The third-order valence-corrected chi connectivity index (χ3v) is 1.88. The number of azo groups is 1. The van der Waals surface area contributed by atoms with E-state index in [4.69, 9.17) is 0 Å². The van der Waals surface area contributed by atoms with Crippen LogP contribution < -0.4 is 0 Å². The zero-order chi connectivity index (χ0) is 12.0. The molecule has 0 saturated heterocycles. The smallest absolute Gasteiger partial charge is 0.163 e. The van der Waals surface area contributed by atoms with E-state index >= 15 is 0 Å². The lowest BCUT2D eigenvalue weighted by molar-refractivity contribution is -0.125. The van der Waals surface area contributed by atoms with E-state index in [1.165, 1.54) is 6.92 Å². The average molecular weight is 218 g/mol. The second kappa shape index (κ2) is 5.90. The number of Topliss-reactive ketones (excluding diaryl/α,β-unsaturated/α-hetero) is 2. The molecule has 0 aliphatic heterocycles. The van der Waals surface area contributed by atoms with E-state index in [0.717, 1.165) is 11.3 Å². The number of rotatable bonds is 5. The molecule has 0 radical (unpaired) electrons. The predicted molar refractivity (Wildman–Crippen MR) is 60.9 cm³/mol. The van der Waals surface area contributed by atoms with Gasteiger partial charge in [-0.25, -0.2) is 0 Å². The minimum atomic E-state index is -0.205. The molecule has 0 unspecified atom stereocenters. The third-order valence-electron chi connectivity index (χ3n) is 1.88. The Morgan fingerprint density at radius 3 is 2.69 bits per heavy atom. The lowest BCUT2D eigenvalue weighted by Gasteiger charge is -1.94. The fourth-order valence-electron chi connectivity index (χ4n) is 1.22. The lowest BCUT2D eigenvalue weighted by atomic mass is 10.2. The first kappa shape index (κ1) is 12.2. The Morgan fingerprint density at radius 1 is 1.31 bits per heavy atom. The third kappa shape index (κ3) is 4.59. The van der Waals surface area contributed by atoms with Gasteiger partial charge in [0.15, 0.2) is 5.78 Å². The van der Waals surface area contributed by atoms with Gasteiger partial charge in [0.25, 0.3) is 0 Å². The first-order valence-electron chi connectivity index (χ1n) is 5.03. The van der Waals surface area contributed by atoms with Gasteiger partial charge < -0.3 is 0 Å². The highest BCUT2D eigenvalue weighted by atomic mass is 16.1. The highest BCUT2D eigenvalue weighted by Crippen LogP contribution is 2.13. The molecule has 1 aromatic carbocycles. The number of ketones is 2. The number of benzene rings is 1. The van der Waals surface area contributed by atoms with Gasteiger partial charge in [0.05, 0.1) is 12.1 Å². The lowest BCUT2D eigenvalue weighted by Crippen LogP contribution is -2.06. The molecule has 0 aliphatic carbocycles. The van der Waals surface area contributed by atoms with Gasteiger partial charge in [-0.3, -0.25) is 9.59 Å². The second-order valence-corrected chi connectivity index (χ2v) is 3.66. The summed E-state index contributed by atoms with van der Waals surface area (Å²) in [6.07, 6.45) is -0.0627. The summed E-state index contributed by atoms with van der Waals surface area (Å²) in [7, 11) is 0. The number of hydrogen-bond donors (Lipinski definition) is 0. The summed E-state index contributed by atoms with van der Waals surface area (Å²) in [5.41, 5.74) is 1.81. The summed E-state index contributed by atoms with van der Waals surface area (Å²) in [5, 5.41) is 7.67. The first-order chi connectivity index (χ1) is 7.58. The van der Waals surface area contributed by atoms with Crippen molar-refractivity contribution in [1.82, 2.24) is 0 Å². The van der Waals surface area contributed by atoms with E-state index in [1.807, 2.05) is 31.2 Å². The van der Waals surface area contributed by atoms with E-state index in [1.54, 1.807) is 0 Å². The van der Waals surface area contributed by atoms with Gasteiger partial charge in [-0.15, -0.1) is 0 Å². The molecule has 0 spiro atoms. The van der Waals surface area contributed by atoms with E-state index < -0.39 is 0 Å². The van der Waals surface area contributed by atoms with Gasteiger partial charge >= 0.3 is 0 Å². The second-order valence-electron chi connectivity index (χ2n) is 3.66. The maximum absolute atomic E-state index is 11.1. The zero-order valence-electron chi connectivity index (χ0n) is 9.43. The summed E-state index contributed by atoms with van der Waals surface area (Å²) in [6, 6.07) is 7.52. The average Bonchev–Trinajstić information content (AvgIpc) is 2.16. The Kier molecular flexibility index (Phi) is 4.51. The van der Waals surface area contributed by atoms with Crippen molar-refractivity contribution >= 4 is 17.3 Å². The Bertz CT molecular complexity index is 425. The van der Waals surface area contributed by atoms with Crippen LogP contribution in [0.15, 0.2) is 34.5 Å². The van der Waals surface area contributed by atoms with Crippen molar-refractivity contribution in [2.75, 3.05) is 6.54 Å². The minimum absolute atomic E-state index is 0.0342. The van der Waals surface area contributed by atoms with E-state index in [2.05, 4.69) is 10.2 Å². The van der Waals surface area contributed by atoms with Crippen molar-refractivity contribution in [2.45, 2.75) is 20.3 Å². The van der Waals surface area contributed by atoms with Gasteiger partial charge in [-0.05, 0) is 31.5 Å². The molecular formula is C12H14N2O2. The fraction of sp³-hybridized carbons (Fsp3) is 0.333. The van der Waals surface area contributed by atoms with Crippen LogP contribution in [0.3, 0.4) is 0 Å². The van der Waals surface area contributed by atoms with E-state index in [9.17, 15) is 9.59 Å². The highest BCUT2D eigenvalue weighted by Gasteiger charge is 2.03. The number of hydrogen-bond acceptors (Lipinski definition) is 4. The topological polar surface area (TPSA) is 58.9 Å². The number of carbonyl (C=O) groups is 2. The molecule has 0 fully saturated rings. The van der Waals surface area contributed by atoms with Crippen molar-refractivity contribution in [2.24, 2.45) is 10.2 Å². The molecule has 1 rings (SSSR count). The van der Waals surface area contributed by atoms with Crippen LogP contribution in [0.25, 0.3) is 0 Å². The van der Waals surface area contributed by atoms with Crippen LogP contribution in [0.4, 0.5) is 5.69 Å². The molecule has 4 nitrogen and oxygen atoms in total. The van der Waals surface area contributed by atoms with Crippen LogP contribution in [0.5, 0.6) is 0 Å². The molecule has 0 aliphatic rings. The van der Waals surface area contributed by atoms with Crippen molar-refractivity contribution < 1.29 is 9.59 Å². The Balaban J connectivity index is 2.49. The van der Waals surface area contributed by atoms with Gasteiger partial charge in [0.2, 0.25) is 0 Å². The molecule has 0 N–H and O–H groups in total. The van der Waals surface area contributed by atoms with Crippen LogP contribution >= 0.6 is 0 Å². The number of nitrogens with zero attached hydrogens (tertiary/aromatic N) is 2. The molecule has 0 heterocycles. The predicted octanol–water partition coefficient (Wildman–Crippen LogP) is 2.63. The normalized spacial score (nSPS) is 10.6. The molecule has 0 atom stereocenters. The largest absolute Gasteiger partial charge is 0.300 e. The number of aryl methyl sites for hydroxylation is 1. The van der Waals surface area contributed by atoms with Crippen LogP contribution in [-0.4, -0.2) is 18.1 Å². The number of carbonyl (C=O) groups excluding carboxylic acids is 2. The summed E-state index contributed by atoms with van der Waals surface area (Å²) < 4.78 is 0. The van der Waals surface area contributed by atoms with Crippen LogP contribution in [0.1, 0.15) is 18.9 Å². The highest BCUT2D eigenvalue weighted by molar-refractivity contribution is 5.98. The van der Waals surface area contributed by atoms with E-state index in [0.29, 0.717) is 0 Å². The van der Waals surface area contributed by atoms with Gasteiger partial charge in [0, 0.05) is 0 Å². The van der Waals surface area contributed by atoms with Gasteiger partial charge in [-0.1, -0.05) is 12.1 Å². The van der Waals surface area contributed by atoms with Crippen molar-refractivity contribution in [1.29, 1.82) is 0 Å². The molecule has 4 heteroatoms. The van der Waals surface area contributed by atoms with Gasteiger partial charge in [0.1, 0.15) is 12.3 Å². The van der Waals surface area contributed by atoms with Crippen LogP contribution in [0.2, 0.25) is 0 Å². The molecule has 84 valence electrons. The van der Waals surface area contributed by atoms with Crippen molar-refractivity contribution in [3.63, 3.8) is 0 Å². The standard InChI is InChI=1S/C12H14N2O2/c1-9-4-3-5-11(6-9)14-13-8-12(16)7-10(2)15/h3-6H,7-8H2,1-2H3. The summed E-state index contributed by atoms with van der Waals surface area (Å²) >= 11 is 0. The maximum Gasteiger partial charge on any atom is 0.163 e. The van der Waals surface area contributed by atoms with E-state index in [-0.39, 0.29) is 24.5 Å². The van der Waals surface area contributed by atoms with Gasteiger partial charge in [-0.2, -0.15) is 10.2 Å². The van der Waals surface area contributed by atoms with Crippen molar-refractivity contribution in [3.8, 4) is 0 Å². The van der Waals surface area contributed by atoms with Crippen LogP contribution in [0, 0.1) is 6.92 Å². The minimum Gasteiger partial charge on any atom is -0.300 e. The summed E-state index contributed by atoms with van der Waals surface area (Å²) in [4.78, 5) is 21.8. The molecule has 16 heavy (non-hydrogen) atoms. The zero-order valence-corrected chi connectivity index (χ0v) is 9.43. The van der Waals surface area contributed by atoms with Crippen molar-refractivity contribution in [3.05, 3.63) is 29.8 Å². The molecule has 0 saturated carbocycles. The monoisotopic (exact) mass is 218 g/mol. The maximum atomic E-state index is 11.1. The summed E-state index contributed by atoms with van der Waals surface area (Å²) in [5.74, 6) is -0.348. The molecule has 0 aromatic heterocycles. The Labute approximate surface area is 94.4 Å². The first-order valence-corrected chi connectivity index (χ1v) is 5.03. The molecular weight excluding hydrogens is 204 g/mol. The fourth-order valence-corrected chi connectivity index (χ4v) is 1.22. The Hall–Kier alpha value is -1.84. The molecule has 1 aromatic rings. The quantitative estimate of drug-likeness (QED) is 0.563. The SMILES string of the molecule is CC(=O)CC(=O)CN=Nc1cccc(C)c1. The molecule has 0 bridgehead atoms. The Morgan fingerprint density at radius 2 is 2.06 bits per heavy atom.